The number of ether oxygens (including phenoxy) is 1. The molecule has 0 bridgehead atoms. The van der Waals surface area contributed by atoms with Gasteiger partial charge in [0.15, 0.2) is 0 Å². The molecule has 1 saturated heterocycles. The molecule has 0 saturated carbocycles. The van der Waals surface area contributed by atoms with Crippen LogP contribution in [0.4, 0.5) is 0 Å². The van der Waals surface area contributed by atoms with E-state index in [0.717, 1.165) is 25.7 Å². The zero-order valence-corrected chi connectivity index (χ0v) is 10.4. The minimum absolute atomic E-state index is 0.0282. The first-order chi connectivity index (χ1) is 7.62. The summed E-state index contributed by atoms with van der Waals surface area (Å²) in [4.78, 5) is 11.9. The van der Waals surface area contributed by atoms with Crippen LogP contribution in [0, 0.1) is 5.92 Å². The van der Waals surface area contributed by atoms with Gasteiger partial charge in [0.1, 0.15) is 5.60 Å². The molecule has 0 aliphatic carbocycles. The Balaban J connectivity index is 2.33. The molecule has 16 heavy (non-hydrogen) atoms. The fourth-order valence-electron chi connectivity index (χ4n) is 2.07. The second-order valence-electron chi connectivity index (χ2n) is 4.74. The number of carbonyl (C=O) groups excluding carboxylic acids is 1. The van der Waals surface area contributed by atoms with Crippen molar-refractivity contribution in [3.63, 3.8) is 0 Å². The Morgan fingerprint density at radius 2 is 2.38 bits per heavy atom. The molecule has 1 amide bonds. The molecule has 2 unspecified atom stereocenters. The maximum Gasteiger partial charge on any atom is 0.251 e. The van der Waals surface area contributed by atoms with Gasteiger partial charge in [-0.1, -0.05) is 13.3 Å². The highest BCUT2D eigenvalue weighted by Gasteiger charge is 2.37. The van der Waals surface area contributed by atoms with E-state index in [1.54, 1.807) is 0 Å². The third-order valence-electron chi connectivity index (χ3n) is 3.40. The number of amides is 1. The van der Waals surface area contributed by atoms with Crippen molar-refractivity contribution in [2.75, 3.05) is 19.7 Å². The van der Waals surface area contributed by atoms with E-state index in [0.29, 0.717) is 25.6 Å². The maximum absolute atomic E-state index is 11.9. The van der Waals surface area contributed by atoms with Crippen molar-refractivity contribution in [1.82, 2.24) is 5.32 Å². The molecule has 1 aliphatic rings. The first-order valence-corrected chi connectivity index (χ1v) is 6.24. The molecule has 3 N–H and O–H groups in total. The summed E-state index contributed by atoms with van der Waals surface area (Å²) in [5, 5.41) is 2.98. The van der Waals surface area contributed by atoms with Crippen LogP contribution in [0.15, 0.2) is 0 Å². The van der Waals surface area contributed by atoms with Crippen molar-refractivity contribution < 1.29 is 9.53 Å². The second-order valence-corrected chi connectivity index (χ2v) is 4.74. The highest BCUT2D eigenvalue weighted by atomic mass is 16.5. The van der Waals surface area contributed by atoms with Gasteiger partial charge in [0.2, 0.25) is 0 Å². The van der Waals surface area contributed by atoms with Gasteiger partial charge in [-0.05, 0) is 38.6 Å². The molecule has 0 radical (unpaired) electrons. The third kappa shape index (κ3) is 3.46. The molecule has 0 aromatic rings. The minimum Gasteiger partial charge on any atom is -0.365 e. The molecular weight excluding hydrogens is 204 g/mol. The summed E-state index contributed by atoms with van der Waals surface area (Å²) in [5.41, 5.74) is 4.93. The number of hydrogen-bond acceptors (Lipinski definition) is 3. The summed E-state index contributed by atoms with van der Waals surface area (Å²) < 4.78 is 5.49. The molecule has 2 atom stereocenters. The predicted octanol–water partition coefficient (Wildman–Crippen LogP) is 1.05. The molecule has 4 heteroatoms. The summed E-state index contributed by atoms with van der Waals surface area (Å²) in [6.07, 6.45) is 3.82. The van der Waals surface area contributed by atoms with Gasteiger partial charge >= 0.3 is 0 Å². The summed E-state index contributed by atoms with van der Waals surface area (Å²) in [5.74, 6) is 0.513. The predicted molar refractivity (Wildman–Crippen MR) is 64.1 cm³/mol. The minimum atomic E-state index is -0.596. The van der Waals surface area contributed by atoms with Gasteiger partial charge in [0, 0.05) is 13.2 Å². The molecule has 0 aromatic heterocycles. The van der Waals surface area contributed by atoms with Gasteiger partial charge in [-0.2, -0.15) is 0 Å². The highest BCUT2D eigenvalue weighted by Crippen LogP contribution is 2.25. The van der Waals surface area contributed by atoms with E-state index in [2.05, 4.69) is 12.2 Å². The van der Waals surface area contributed by atoms with Crippen LogP contribution >= 0.6 is 0 Å². The van der Waals surface area contributed by atoms with Gasteiger partial charge in [-0.3, -0.25) is 4.79 Å². The largest absolute Gasteiger partial charge is 0.365 e. The Kier molecular flexibility index (Phi) is 5.22. The number of carbonyl (C=O) groups is 1. The molecule has 1 rings (SSSR count). The van der Waals surface area contributed by atoms with Crippen LogP contribution in [0.2, 0.25) is 0 Å². The lowest BCUT2D eigenvalue weighted by molar-refractivity contribution is -0.139. The molecule has 94 valence electrons. The van der Waals surface area contributed by atoms with Crippen molar-refractivity contribution in [2.45, 2.75) is 45.1 Å². The van der Waals surface area contributed by atoms with Crippen molar-refractivity contribution in [1.29, 1.82) is 0 Å². The topological polar surface area (TPSA) is 64.3 Å². The van der Waals surface area contributed by atoms with Gasteiger partial charge in [0.05, 0.1) is 0 Å². The fraction of sp³-hybridized carbons (Fsp3) is 0.917. The van der Waals surface area contributed by atoms with Crippen LogP contribution in [0.5, 0.6) is 0 Å². The zero-order chi connectivity index (χ0) is 12.0. The number of nitrogens with two attached hydrogens (primary N) is 1. The first kappa shape index (κ1) is 13.5. The standard InChI is InChI=1S/C12H24N2O2/c1-3-10(5-7-13)9-14-11(15)12(2)6-4-8-16-12/h10H,3-9,13H2,1-2H3,(H,14,15). The molecule has 0 spiro atoms. The van der Waals surface area contributed by atoms with E-state index < -0.39 is 5.60 Å². The van der Waals surface area contributed by atoms with E-state index in [9.17, 15) is 4.79 Å². The van der Waals surface area contributed by atoms with Crippen molar-refractivity contribution >= 4 is 5.91 Å². The van der Waals surface area contributed by atoms with E-state index >= 15 is 0 Å². The Morgan fingerprint density at radius 1 is 1.62 bits per heavy atom. The molecule has 1 fully saturated rings. The van der Waals surface area contributed by atoms with Crippen molar-refractivity contribution in [3.8, 4) is 0 Å². The smallest absolute Gasteiger partial charge is 0.251 e. The van der Waals surface area contributed by atoms with E-state index in [1.807, 2.05) is 6.92 Å². The second kappa shape index (κ2) is 6.21. The third-order valence-corrected chi connectivity index (χ3v) is 3.40. The Bertz CT molecular complexity index is 225. The van der Waals surface area contributed by atoms with E-state index in [1.165, 1.54) is 0 Å². The molecule has 0 aromatic carbocycles. The lowest BCUT2D eigenvalue weighted by Gasteiger charge is -2.23. The molecular formula is C12H24N2O2. The summed E-state index contributed by atoms with van der Waals surface area (Å²) >= 11 is 0. The van der Waals surface area contributed by atoms with Crippen LogP contribution in [-0.4, -0.2) is 31.2 Å². The Labute approximate surface area is 97.9 Å². The highest BCUT2D eigenvalue weighted by molar-refractivity contribution is 5.84. The molecule has 1 heterocycles. The van der Waals surface area contributed by atoms with Crippen molar-refractivity contribution in [3.05, 3.63) is 0 Å². The number of hydrogen-bond donors (Lipinski definition) is 2. The van der Waals surface area contributed by atoms with Gasteiger partial charge in [-0.15, -0.1) is 0 Å². The number of nitrogens with one attached hydrogen (secondary N) is 1. The average Bonchev–Trinajstić information content (AvgIpc) is 2.72. The summed E-state index contributed by atoms with van der Waals surface area (Å²) in [7, 11) is 0. The first-order valence-electron chi connectivity index (χ1n) is 6.24. The number of rotatable bonds is 6. The summed E-state index contributed by atoms with van der Waals surface area (Å²) in [6.45, 7) is 6.09. The Hall–Kier alpha value is -0.610. The maximum atomic E-state index is 11.9. The normalized spacial score (nSPS) is 26.7. The summed E-state index contributed by atoms with van der Waals surface area (Å²) in [6, 6.07) is 0. The Morgan fingerprint density at radius 3 is 2.88 bits per heavy atom. The molecule has 4 nitrogen and oxygen atoms in total. The van der Waals surface area contributed by atoms with Crippen molar-refractivity contribution in [2.24, 2.45) is 11.7 Å². The average molecular weight is 228 g/mol. The lowest BCUT2D eigenvalue weighted by atomic mass is 9.99. The monoisotopic (exact) mass is 228 g/mol. The van der Waals surface area contributed by atoms with Crippen LogP contribution in [0.1, 0.15) is 39.5 Å². The fourth-order valence-corrected chi connectivity index (χ4v) is 2.07. The van der Waals surface area contributed by atoms with Crippen LogP contribution in [-0.2, 0) is 9.53 Å². The van der Waals surface area contributed by atoms with Crippen LogP contribution in [0.3, 0.4) is 0 Å². The van der Waals surface area contributed by atoms with Gasteiger partial charge < -0.3 is 15.8 Å². The quantitative estimate of drug-likeness (QED) is 0.714. The van der Waals surface area contributed by atoms with E-state index in [4.69, 9.17) is 10.5 Å². The van der Waals surface area contributed by atoms with E-state index in [-0.39, 0.29) is 5.91 Å². The lowest BCUT2D eigenvalue weighted by Crippen LogP contribution is -2.45. The van der Waals surface area contributed by atoms with Crippen LogP contribution in [0.25, 0.3) is 0 Å². The van der Waals surface area contributed by atoms with Crippen LogP contribution < -0.4 is 11.1 Å². The SMILES string of the molecule is CCC(CCN)CNC(=O)C1(C)CCCO1. The molecule has 1 aliphatic heterocycles. The van der Waals surface area contributed by atoms with Gasteiger partial charge in [-0.25, -0.2) is 0 Å². The van der Waals surface area contributed by atoms with Gasteiger partial charge in [0.25, 0.3) is 5.91 Å². The zero-order valence-electron chi connectivity index (χ0n) is 10.4.